The van der Waals surface area contributed by atoms with Crippen LogP contribution in [0.5, 0.6) is 11.6 Å². The number of aromatic nitrogens is 2. The molecule has 1 aromatic heterocycles. The predicted octanol–water partition coefficient (Wildman–Crippen LogP) is 1.47. The molecule has 0 saturated carbocycles. The van der Waals surface area contributed by atoms with E-state index in [1.54, 1.807) is 16.8 Å². The molecular formula is C23H33FN2O7. The summed E-state index contributed by atoms with van der Waals surface area (Å²) in [7, 11) is 0. The highest BCUT2D eigenvalue weighted by Gasteiger charge is 2.45. The molecule has 2 heterocycles. The van der Waals surface area contributed by atoms with E-state index in [9.17, 15) is 24.8 Å². The van der Waals surface area contributed by atoms with Crippen LogP contribution in [0.2, 0.25) is 0 Å². The number of aliphatic hydroxyl groups is 4. The Kier molecular flexibility index (Phi) is 7.96. The van der Waals surface area contributed by atoms with Gasteiger partial charge < -0.3 is 34.6 Å². The standard InChI is InChI=1S/C23H33FN2O7/c1-11(2)26-13(5)16(8-14-6-7-15(9-17(14)24)31-12(3)4)22(25-26)33-23-21(30)20(29)19(28)18(10-27)32-23/h6-7,9,11-12,18-21,23,27-30H,8,10H2,1-5H3/t18-,19-,20+,21-,23+/m1/s1. The first-order valence-corrected chi connectivity index (χ1v) is 11.0. The minimum Gasteiger partial charge on any atom is -0.491 e. The average molecular weight is 469 g/mol. The molecule has 3 rings (SSSR count). The summed E-state index contributed by atoms with van der Waals surface area (Å²) in [5.74, 6) is 0.0923. The van der Waals surface area contributed by atoms with Crippen LogP contribution in [-0.4, -0.2) is 73.6 Å². The van der Waals surface area contributed by atoms with Crippen molar-refractivity contribution in [2.24, 2.45) is 0 Å². The number of nitrogens with zero attached hydrogens (tertiary/aromatic N) is 2. The highest BCUT2D eigenvalue weighted by molar-refractivity contribution is 5.39. The average Bonchev–Trinajstić information content (AvgIpc) is 3.05. The third-order valence-corrected chi connectivity index (χ3v) is 5.57. The Balaban J connectivity index is 1.92. The van der Waals surface area contributed by atoms with E-state index >= 15 is 0 Å². The maximum Gasteiger partial charge on any atom is 0.239 e. The second kappa shape index (κ2) is 10.4. The van der Waals surface area contributed by atoms with Gasteiger partial charge in [0, 0.05) is 29.8 Å². The van der Waals surface area contributed by atoms with E-state index in [0.29, 0.717) is 16.9 Å². The number of aliphatic hydroxyl groups excluding tert-OH is 4. The van der Waals surface area contributed by atoms with E-state index in [2.05, 4.69) is 5.10 Å². The summed E-state index contributed by atoms with van der Waals surface area (Å²) in [6.07, 6.45) is -7.09. The first kappa shape index (κ1) is 25.4. The lowest BCUT2D eigenvalue weighted by Gasteiger charge is -2.39. The van der Waals surface area contributed by atoms with Crippen molar-refractivity contribution in [2.75, 3.05) is 6.61 Å². The molecule has 33 heavy (non-hydrogen) atoms. The van der Waals surface area contributed by atoms with Crippen LogP contribution < -0.4 is 9.47 Å². The Morgan fingerprint density at radius 1 is 1.12 bits per heavy atom. The van der Waals surface area contributed by atoms with Crippen molar-refractivity contribution in [1.29, 1.82) is 0 Å². The fourth-order valence-electron chi connectivity index (χ4n) is 3.81. The van der Waals surface area contributed by atoms with E-state index in [1.807, 2.05) is 34.6 Å². The number of hydrogen-bond acceptors (Lipinski definition) is 8. The molecule has 10 heteroatoms. The monoisotopic (exact) mass is 468 g/mol. The van der Waals surface area contributed by atoms with Crippen LogP contribution in [0.1, 0.15) is 50.6 Å². The van der Waals surface area contributed by atoms with Gasteiger partial charge in [-0.3, -0.25) is 4.68 Å². The molecule has 0 spiro atoms. The minimum atomic E-state index is -1.58. The molecule has 1 aliphatic rings. The van der Waals surface area contributed by atoms with Crippen LogP contribution >= 0.6 is 0 Å². The molecule has 1 saturated heterocycles. The molecule has 184 valence electrons. The second-order valence-corrected chi connectivity index (χ2v) is 8.82. The lowest BCUT2D eigenvalue weighted by Crippen LogP contribution is -2.60. The lowest BCUT2D eigenvalue weighted by atomic mass is 9.99. The van der Waals surface area contributed by atoms with Crippen LogP contribution in [-0.2, 0) is 11.2 Å². The molecule has 1 fully saturated rings. The maximum atomic E-state index is 14.8. The topological polar surface area (TPSA) is 126 Å². The third-order valence-electron chi connectivity index (χ3n) is 5.57. The molecule has 5 atom stereocenters. The van der Waals surface area contributed by atoms with E-state index < -0.39 is 43.1 Å². The Bertz CT molecular complexity index is 947. The summed E-state index contributed by atoms with van der Waals surface area (Å²) in [5.41, 5.74) is 1.72. The fourth-order valence-corrected chi connectivity index (χ4v) is 3.81. The van der Waals surface area contributed by atoms with E-state index in [4.69, 9.17) is 14.2 Å². The van der Waals surface area contributed by atoms with Crippen molar-refractivity contribution in [2.45, 2.75) is 83.9 Å². The Labute approximate surface area is 192 Å². The van der Waals surface area contributed by atoms with Crippen LogP contribution in [0.3, 0.4) is 0 Å². The smallest absolute Gasteiger partial charge is 0.239 e. The lowest BCUT2D eigenvalue weighted by molar-refractivity contribution is -0.278. The quantitative estimate of drug-likeness (QED) is 0.459. The molecule has 0 radical (unpaired) electrons. The molecule has 0 bridgehead atoms. The normalized spacial score (nSPS) is 25.6. The number of halogens is 1. The summed E-state index contributed by atoms with van der Waals surface area (Å²) >= 11 is 0. The van der Waals surface area contributed by atoms with Gasteiger partial charge in [-0.25, -0.2) is 4.39 Å². The first-order chi connectivity index (χ1) is 15.5. The highest BCUT2D eigenvalue weighted by Crippen LogP contribution is 2.31. The van der Waals surface area contributed by atoms with E-state index in [-0.39, 0.29) is 24.4 Å². The van der Waals surface area contributed by atoms with Crippen LogP contribution in [0.25, 0.3) is 0 Å². The van der Waals surface area contributed by atoms with Crippen LogP contribution in [0.4, 0.5) is 4.39 Å². The van der Waals surface area contributed by atoms with Crippen molar-refractivity contribution < 1.29 is 39.0 Å². The Hall–Kier alpha value is -2.24. The Morgan fingerprint density at radius 3 is 2.39 bits per heavy atom. The number of rotatable bonds is 8. The summed E-state index contributed by atoms with van der Waals surface area (Å²) < 4.78 is 33.4. The van der Waals surface area contributed by atoms with Gasteiger partial charge >= 0.3 is 0 Å². The molecule has 0 aliphatic carbocycles. The third kappa shape index (κ3) is 5.47. The van der Waals surface area contributed by atoms with Gasteiger partial charge in [0.25, 0.3) is 0 Å². The van der Waals surface area contributed by atoms with Gasteiger partial charge in [-0.1, -0.05) is 6.07 Å². The highest BCUT2D eigenvalue weighted by atomic mass is 19.1. The van der Waals surface area contributed by atoms with E-state index in [0.717, 1.165) is 5.69 Å². The summed E-state index contributed by atoms with van der Waals surface area (Å²) in [4.78, 5) is 0. The fraction of sp³-hybridized carbons (Fsp3) is 0.609. The Morgan fingerprint density at radius 2 is 1.82 bits per heavy atom. The molecule has 0 amide bonds. The largest absolute Gasteiger partial charge is 0.491 e. The molecule has 4 N–H and O–H groups in total. The van der Waals surface area contributed by atoms with Gasteiger partial charge in [0.2, 0.25) is 12.2 Å². The van der Waals surface area contributed by atoms with Gasteiger partial charge in [-0.2, -0.15) is 0 Å². The first-order valence-electron chi connectivity index (χ1n) is 11.0. The molecule has 9 nitrogen and oxygen atoms in total. The summed E-state index contributed by atoms with van der Waals surface area (Å²) in [6, 6.07) is 4.63. The predicted molar refractivity (Wildman–Crippen MR) is 117 cm³/mol. The van der Waals surface area contributed by atoms with E-state index in [1.165, 1.54) is 6.07 Å². The summed E-state index contributed by atoms with van der Waals surface area (Å²) in [5, 5.41) is 44.3. The zero-order valence-corrected chi connectivity index (χ0v) is 19.5. The van der Waals surface area contributed by atoms with Gasteiger partial charge in [0.15, 0.2) is 0 Å². The SMILES string of the molecule is Cc1c(Cc2ccc(OC(C)C)cc2F)c(O[C@@H]2O[C@H](CO)[C@@H](O)[C@H](O)[C@H]2O)nn1C(C)C. The van der Waals surface area contributed by atoms with Crippen molar-refractivity contribution in [3.8, 4) is 11.6 Å². The van der Waals surface area contributed by atoms with Gasteiger partial charge in [-0.15, -0.1) is 5.10 Å². The van der Waals surface area contributed by atoms with Gasteiger partial charge in [0.05, 0.1) is 12.7 Å². The van der Waals surface area contributed by atoms with Crippen molar-refractivity contribution in [3.63, 3.8) is 0 Å². The molecule has 2 aromatic rings. The zero-order chi connectivity index (χ0) is 24.4. The molecule has 0 unspecified atom stereocenters. The molecule has 1 aliphatic heterocycles. The molecule has 1 aromatic carbocycles. The number of ether oxygens (including phenoxy) is 3. The van der Waals surface area contributed by atoms with Crippen molar-refractivity contribution in [3.05, 3.63) is 40.8 Å². The van der Waals surface area contributed by atoms with Crippen molar-refractivity contribution in [1.82, 2.24) is 9.78 Å². The van der Waals surface area contributed by atoms with Gasteiger partial charge in [-0.05, 0) is 46.2 Å². The molecular weight excluding hydrogens is 435 g/mol. The van der Waals surface area contributed by atoms with Gasteiger partial charge in [0.1, 0.15) is 36.0 Å². The number of hydrogen-bond donors (Lipinski definition) is 4. The maximum absolute atomic E-state index is 14.8. The number of benzene rings is 1. The van der Waals surface area contributed by atoms with Crippen molar-refractivity contribution >= 4 is 0 Å². The zero-order valence-electron chi connectivity index (χ0n) is 19.5. The summed E-state index contributed by atoms with van der Waals surface area (Å²) in [6.45, 7) is 8.83. The van der Waals surface area contributed by atoms with Crippen LogP contribution in [0.15, 0.2) is 18.2 Å². The minimum absolute atomic E-state index is 0.0254. The van der Waals surface area contributed by atoms with Crippen LogP contribution in [0, 0.1) is 12.7 Å². The second-order valence-electron chi connectivity index (χ2n) is 8.82.